The van der Waals surface area contributed by atoms with Crippen molar-refractivity contribution in [3.05, 3.63) is 23.8 Å². The van der Waals surface area contributed by atoms with Crippen molar-refractivity contribution < 1.29 is 18.3 Å². The Morgan fingerprint density at radius 1 is 1.19 bits per heavy atom. The van der Waals surface area contributed by atoms with E-state index in [1.807, 2.05) is 0 Å². The maximum absolute atomic E-state index is 12.8. The van der Waals surface area contributed by atoms with E-state index in [1.54, 1.807) is 18.2 Å². The zero-order chi connectivity index (χ0) is 11.6. The average Bonchev–Trinajstić information content (AvgIpc) is 2.39. The van der Waals surface area contributed by atoms with E-state index >= 15 is 0 Å². The molecule has 88 valence electrons. The molecular formula is C12H14F2O2. The smallest absolute Gasteiger partial charge is 0.249 e. The maximum atomic E-state index is 12.8. The Hall–Kier alpha value is -1.32. The third-order valence-electron chi connectivity index (χ3n) is 2.33. The summed E-state index contributed by atoms with van der Waals surface area (Å²) in [6.45, 7) is 2.09. The van der Waals surface area contributed by atoms with Gasteiger partial charge < -0.3 is 9.47 Å². The number of hydrogen-bond donors (Lipinski definition) is 0. The monoisotopic (exact) mass is 228 g/mol. The van der Waals surface area contributed by atoms with Crippen LogP contribution in [0.4, 0.5) is 8.78 Å². The van der Waals surface area contributed by atoms with Gasteiger partial charge in [0.05, 0.1) is 13.2 Å². The van der Waals surface area contributed by atoms with Crippen LogP contribution in [-0.4, -0.2) is 19.1 Å². The number of ether oxygens (including phenoxy) is 2. The minimum Gasteiger partial charge on any atom is -0.490 e. The Bertz CT molecular complexity index is 372. The molecule has 0 aliphatic carbocycles. The number of halogens is 2. The first-order valence-corrected chi connectivity index (χ1v) is 5.31. The molecule has 0 N–H and O–H groups in total. The molecule has 2 nitrogen and oxygen atoms in total. The lowest BCUT2D eigenvalue weighted by atomic mass is 10.1. The Labute approximate surface area is 93.2 Å². The van der Waals surface area contributed by atoms with Crippen LogP contribution in [0, 0.1) is 0 Å². The zero-order valence-corrected chi connectivity index (χ0v) is 9.13. The van der Waals surface area contributed by atoms with Gasteiger partial charge in [-0.3, -0.25) is 0 Å². The van der Waals surface area contributed by atoms with Crippen molar-refractivity contribution in [2.24, 2.45) is 0 Å². The van der Waals surface area contributed by atoms with Crippen LogP contribution >= 0.6 is 0 Å². The van der Waals surface area contributed by atoms with Crippen LogP contribution in [0.3, 0.4) is 0 Å². The van der Waals surface area contributed by atoms with Crippen LogP contribution in [-0.2, 0) is 6.42 Å². The lowest BCUT2D eigenvalue weighted by Gasteiger charge is -2.12. The summed E-state index contributed by atoms with van der Waals surface area (Å²) >= 11 is 0. The predicted molar refractivity (Wildman–Crippen MR) is 56.4 cm³/mol. The summed E-state index contributed by atoms with van der Waals surface area (Å²) in [5.74, 6) is -1.49. The highest BCUT2D eigenvalue weighted by Gasteiger charge is 2.22. The molecule has 0 bridgehead atoms. The van der Waals surface area contributed by atoms with E-state index in [9.17, 15) is 8.78 Å². The molecule has 0 spiro atoms. The summed E-state index contributed by atoms with van der Waals surface area (Å²) in [6, 6.07) is 4.99. The molecule has 0 atom stereocenters. The van der Waals surface area contributed by atoms with E-state index in [0.717, 1.165) is 13.3 Å². The van der Waals surface area contributed by atoms with Crippen molar-refractivity contribution in [1.82, 2.24) is 0 Å². The summed E-state index contributed by atoms with van der Waals surface area (Å²) in [7, 11) is 0. The van der Waals surface area contributed by atoms with Gasteiger partial charge in [0.2, 0.25) is 5.92 Å². The molecule has 1 aliphatic heterocycles. The van der Waals surface area contributed by atoms with Gasteiger partial charge in [-0.15, -0.1) is 0 Å². The number of rotatable bonds is 2. The second-order valence-corrected chi connectivity index (χ2v) is 4.08. The Kier molecular flexibility index (Phi) is 2.99. The number of hydrogen-bond acceptors (Lipinski definition) is 2. The first-order valence-electron chi connectivity index (χ1n) is 5.31. The SMILES string of the molecule is CC(F)(F)Cc1ccc2c(c1)OCCCO2. The van der Waals surface area contributed by atoms with Crippen molar-refractivity contribution >= 4 is 0 Å². The fraction of sp³-hybridized carbons (Fsp3) is 0.500. The first kappa shape index (κ1) is 11.2. The van der Waals surface area contributed by atoms with Crippen LogP contribution in [0.5, 0.6) is 11.5 Å². The lowest BCUT2D eigenvalue weighted by Crippen LogP contribution is -2.13. The molecule has 0 saturated heterocycles. The fourth-order valence-corrected chi connectivity index (χ4v) is 1.68. The van der Waals surface area contributed by atoms with Gasteiger partial charge in [0, 0.05) is 12.8 Å². The van der Waals surface area contributed by atoms with Crippen LogP contribution in [0.25, 0.3) is 0 Å². The summed E-state index contributed by atoms with van der Waals surface area (Å²) < 4.78 is 36.6. The summed E-state index contributed by atoms with van der Waals surface area (Å²) in [5, 5.41) is 0. The second-order valence-electron chi connectivity index (χ2n) is 4.08. The molecule has 1 aliphatic rings. The Morgan fingerprint density at radius 3 is 2.56 bits per heavy atom. The fourth-order valence-electron chi connectivity index (χ4n) is 1.68. The van der Waals surface area contributed by atoms with Crippen LogP contribution in [0.2, 0.25) is 0 Å². The number of fused-ring (bicyclic) bond motifs is 1. The number of benzene rings is 1. The van der Waals surface area contributed by atoms with Crippen molar-refractivity contribution in [3.63, 3.8) is 0 Å². The van der Waals surface area contributed by atoms with Crippen molar-refractivity contribution in [2.75, 3.05) is 13.2 Å². The van der Waals surface area contributed by atoms with Crippen molar-refractivity contribution in [3.8, 4) is 11.5 Å². The summed E-state index contributed by atoms with van der Waals surface area (Å²) in [5.41, 5.74) is 0.566. The zero-order valence-electron chi connectivity index (χ0n) is 9.13. The molecule has 0 unspecified atom stereocenters. The molecule has 1 heterocycles. The van der Waals surface area contributed by atoms with Gasteiger partial charge in [0.15, 0.2) is 11.5 Å². The molecule has 1 aromatic rings. The standard InChI is InChI=1S/C12H14F2O2/c1-12(13,14)8-9-3-4-10-11(7-9)16-6-2-5-15-10/h3-4,7H,2,5-6,8H2,1H3. The summed E-state index contributed by atoms with van der Waals surface area (Å²) in [4.78, 5) is 0. The predicted octanol–water partition coefficient (Wildman–Crippen LogP) is 3.05. The minimum atomic E-state index is -2.69. The minimum absolute atomic E-state index is 0.274. The highest BCUT2D eigenvalue weighted by atomic mass is 19.3. The van der Waals surface area contributed by atoms with Crippen LogP contribution in [0.1, 0.15) is 18.9 Å². The van der Waals surface area contributed by atoms with E-state index in [2.05, 4.69) is 0 Å². The average molecular weight is 228 g/mol. The van der Waals surface area contributed by atoms with E-state index in [0.29, 0.717) is 30.3 Å². The largest absolute Gasteiger partial charge is 0.490 e. The molecule has 0 amide bonds. The third-order valence-corrected chi connectivity index (χ3v) is 2.33. The normalized spacial score (nSPS) is 15.7. The van der Waals surface area contributed by atoms with Gasteiger partial charge in [0.1, 0.15) is 0 Å². The van der Waals surface area contributed by atoms with E-state index < -0.39 is 5.92 Å². The van der Waals surface area contributed by atoms with E-state index in [4.69, 9.17) is 9.47 Å². The van der Waals surface area contributed by atoms with E-state index in [-0.39, 0.29) is 6.42 Å². The molecule has 1 aromatic carbocycles. The van der Waals surface area contributed by atoms with Crippen LogP contribution < -0.4 is 9.47 Å². The van der Waals surface area contributed by atoms with Crippen molar-refractivity contribution in [2.45, 2.75) is 25.7 Å². The second kappa shape index (κ2) is 4.28. The Morgan fingerprint density at radius 2 is 1.88 bits per heavy atom. The molecule has 0 aromatic heterocycles. The topological polar surface area (TPSA) is 18.5 Å². The van der Waals surface area contributed by atoms with Gasteiger partial charge in [-0.05, 0) is 24.6 Å². The maximum Gasteiger partial charge on any atom is 0.249 e. The Balaban J connectivity index is 2.21. The molecule has 2 rings (SSSR count). The number of alkyl halides is 2. The summed E-state index contributed by atoms with van der Waals surface area (Å²) in [6.07, 6.45) is 0.539. The van der Waals surface area contributed by atoms with Gasteiger partial charge in [0.25, 0.3) is 0 Å². The first-order chi connectivity index (χ1) is 7.54. The van der Waals surface area contributed by atoms with Crippen molar-refractivity contribution in [1.29, 1.82) is 0 Å². The van der Waals surface area contributed by atoms with Gasteiger partial charge >= 0.3 is 0 Å². The van der Waals surface area contributed by atoms with E-state index in [1.165, 1.54) is 0 Å². The highest BCUT2D eigenvalue weighted by Crippen LogP contribution is 2.32. The van der Waals surface area contributed by atoms with Gasteiger partial charge in [-0.25, -0.2) is 8.78 Å². The molecule has 4 heteroatoms. The molecule has 16 heavy (non-hydrogen) atoms. The highest BCUT2D eigenvalue weighted by molar-refractivity contribution is 5.43. The molecule has 0 radical (unpaired) electrons. The molecule has 0 saturated carbocycles. The van der Waals surface area contributed by atoms with Gasteiger partial charge in [-0.1, -0.05) is 6.07 Å². The van der Waals surface area contributed by atoms with Crippen LogP contribution in [0.15, 0.2) is 18.2 Å². The van der Waals surface area contributed by atoms with Gasteiger partial charge in [-0.2, -0.15) is 0 Å². The molecule has 0 fully saturated rings. The molecular weight excluding hydrogens is 214 g/mol. The lowest BCUT2D eigenvalue weighted by molar-refractivity contribution is 0.0226. The quantitative estimate of drug-likeness (QED) is 0.774. The third kappa shape index (κ3) is 2.84.